The molecular formula is C20H21N5O. The number of hydrogen-bond donors (Lipinski definition) is 0. The van der Waals surface area contributed by atoms with Gasteiger partial charge in [-0.25, -0.2) is 9.67 Å². The highest BCUT2D eigenvalue weighted by atomic mass is 16.2. The van der Waals surface area contributed by atoms with Crippen LogP contribution in [0, 0.1) is 5.92 Å². The molecule has 0 aliphatic carbocycles. The first-order valence-corrected chi connectivity index (χ1v) is 8.95. The number of piperidine rings is 1. The average molecular weight is 347 g/mol. The van der Waals surface area contributed by atoms with Crippen LogP contribution in [0.25, 0.3) is 5.82 Å². The van der Waals surface area contributed by atoms with Crippen LogP contribution in [0.5, 0.6) is 0 Å². The maximum atomic E-state index is 12.8. The van der Waals surface area contributed by atoms with E-state index in [1.54, 1.807) is 17.1 Å². The molecule has 1 aliphatic rings. The van der Waals surface area contributed by atoms with E-state index in [1.807, 2.05) is 47.6 Å². The van der Waals surface area contributed by atoms with Gasteiger partial charge in [-0.05, 0) is 55.5 Å². The van der Waals surface area contributed by atoms with Crippen LogP contribution in [-0.4, -0.2) is 43.6 Å². The Hall–Kier alpha value is -3.02. The topological polar surface area (TPSA) is 63.9 Å². The predicted octanol–water partition coefficient (Wildman–Crippen LogP) is 2.76. The van der Waals surface area contributed by atoms with Crippen molar-refractivity contribution in [2.24, 2.45) is 5.92 Å². The van der Waals surface area contributed by atoms with Crippen molar-refractivity contribution in [3.05, 3.63) is 72.4 Å². The second-order valence-electron chi connectivity index (χ2n) is 6.64. The Balaban J connectivity index is 1.42. The molecular weight excluding hydrogens is 326 g/mol. The SMILES string of the molecule is O=C(c1ccc(-n2cccn2)nc1)N1CCC[C@@H](Cc2ccccn2)C1. The molecule has 4 heterocycles. The number of carbonyl (C=O) groups excluding carboxylic acids is 1. The molecule has 6 heteroatoms. The lowest BCUT2D eigenvalue weighted by molar-refractivity contribution is 0.0672. The first-order valence-electron chi connectivity index (χ1n) is 8.95. The van der Waals surface area contributed by atoms with E-state index in [2.05, 4.69) is 21.1 Å². The van der Waals surface area contributed by atoms with E-state index < -0.39 is 0 Å². The summed E-state index contributed by atoms with van der Waals surface area (Å²) >= 11 is 0. The summed E-state index contributed by atoms with van der Waals surface area (Å²) in [5.41, 5.74) is 1.72. The van der Waals surface area contributed by atoms with Crippen LogP contribution in [0.3, 0.4) is 0 Å². The quantitative estimate of drug-likeness (QED) is 0.728. The highest BCUT2D eigenvalue weighted by Crippen LogP contribution is 2.21. The lowest BCUT2D eigenvalue weighted by Crippen LogP contribution is -2.40. The van der Waals surface area contributed by atoms with Crippen molar-refractivity contribution >= 4 is 5.91 Å². The molecule has 0 N–H and O–H groups in total. The van der Waals surface area contributed by atoms with E-state index in [4.69, 9.17) is 0 Å². The highest BCUT2D eigenvalue weighted by molar-refractivity contribution is 5.94. The molecule has 0 radical (unpaired) electrons. The highest BCUT2D eigenvalue weighted by Gasteiger charge is 2.25. The van der Waals surface area contributed by atoms with Crippen LogP contribution in [-0.2, 0) is 6.42 Å². The molecule has 1 fully saturated rings. The van der Waals surface area contributed by atoms with Gasteiger partial charge in [0.2, 0.25) is 0 Å². The van der Waals surface area contributed by atoms with Crippen molar-refractivity contribution < 1.29 is 4.79 Å². The molecule has 6 nitrogen and oxygen atoms in total. The molecule has 1 aliphatic heterocycles. The molecule has 0 saturated carbocycles. The molecule has 132 valence electrons. The molecule has 1 saturated heterocycles. The van der Waals surface area contributed by atoms with E-state index in [0.717, 1.165) is 38.0 Å². The van der Waals surface area contributed by atoms with Crippen LogP contribution in [0.15, 0.2) is 61.2 Å². The van der Waals surface area contributed by atoms with Crippen molar-refractivity contribution in [2.45, 2.75) is 19.3 Å². The lowest BCUT2D eigenvalue weighted by atomic mass is 9.93. The second-order valence-corrected chi connectivity index (χ2v) is 6.64. The van der Waals surface area contributed by atoms with Crippen LogP contribution in [0.2, 0.25) is 0 Å². The standard InChI is InChI=1S/C20H21N5O/c26-20(17-7-8-19(22-14-17)25-12-4-10-23-25)24-11-3-5-16(15-24)13-18-6-1-2-9-21-18/h1-2,4,6-10,12,14,16H,3,5,11,13,15H2/t16-/m0/s1. The summed E-state index contributed by atoms with van der Waals surface area (Å²) in [6, 6.07) is 11.5. The van der Waals surface area contributed by atoms with E-state index in [9.17, 15) is 4.79 Å². The Morgan fingerprint density at radius 1 is 1.12 bits per heavy atom. The summed E-state index contributed by atoms with van der Waals surface area (Å²) in [7, 11) is 0. The molecule has 1 amide bonds. The van der Waals surface area contributed by atoms with Gasteiger partial charge in [-0.1, -0.05) is 6.07 Å². The molecule has 0 spiro atoms. The minimum atomic E-state index is 0.0511. The fourth-order valence-electron chi connectivity index (χ4n) is 3.47. The van der Waals surface area contributed by atoms with Crippen LogP contribution in [0.4, 0.5) is 0 Å². The van der Waals surface area contributed by atoms with Crippen LogP contribution < -0.4 is 0 Å². The van der Waals surface area contributed by atoms with Gasteiger partial charge in [0, 0.05) is 43.6 Å². The van der Waals surface area contributed by atoms with Crippen molar-refractivity contribution in [3.8, 4) is 5.82 Å². The Morgan fingerprint density at radius 3 is 2.81 bits per heavy atom. The number of hydrogen-bond acceptors (Lipinski definition) is 4. The number of carbonyl (C=O) groups is 1. The molecule has 26 heavy (non-hydrogen) atoms. The minimum absolute atomic E-state index is 0.0511. The summed E-state index contributed by atoms with van der Waals surface area (Å²) in [4.78, 5) is 23.6. The molecule has 4 rings (SSSR count). The smallest absolute Gasteiger partial charge is 0.255 e. The third kappa shape index (κ3) is 3.64. The predicted molar refractivity (Wildman–Crippen MR) is 97.9 cm³/mol. The van der Waals surface area contributed by atoms with Gasteiger partial charge in [-0.3, -0.25) is 9.78 Å². The number of nitrogens with zero attached hydrogens (tertiary/aromatic N) is 5. The summed E-state index contributed by atoms with van der Waals surface area (Å²) < 4.78 is 1.68. The summed E-state index contributed by atoms with van der Waals surface area (Å²) in [6.45, 7) is 1.58. The van der Waals surface area contributed by atoms with Gasteiger partial charge < -0.3 is 4.90 Å². The number of likely N-dealkylation sites (tertiary alicyclic amines) is 1. The van der Waals surface area contributed by atoms with Gasteiger partial charge in [0.25, 0.3) is 5.91 Å². The van der Waals surface area contributed by atoms with Crippen molar-refractivity contribution in [2.75, 3.05) is 13.1 Å². The monoisotopic (exact) mass is 347 g/mol. The zero-order chi connectivity index (χ0) is 17.8. The first-order chi connectivity index (χ1) is 12.8. The number of aromatic nitrogens is 4. The first kappa shape index (κ1) is 16.4. The van der Waals surface area contributed by atoms with E-state index in [1.165, 1.54) is 0 Å². The third-order valence-corrected chi connectivity index (χ3v) is 4.76. The number of rotatable bonds is 4. The van der Waals surface area contributed by atoms with Crippen molar-refractivity contribution in [1.29, 1.82) is 0 Å². The molecule has 0 aromatic carbocycles. The van der Waals surface area contributed by atoms with Gasteiger partial charge in [0.1, 0.15) is 0 Å². The van der Waals surface area contributed by atoms with Gasteiger partial charge in [-0.2, -0.15) is 5.10 Å². The molecule has 1 atom stereocenters. The van der Waals surface area contributed by atoms with Crippen molar-refractivity contribution in [1.82, 2.24) is 24.6 Å². The van der Waals surface area contributed by atoms with Gasteiger partial charge in [-0.15, -0.1) is 0 Å². The summed E-state index contributed by atoms with van der Waals surface area (Å²) in [5, 5.41) is 4.15. The van der Waals surface area contributed by atoms with Gasteiger partial charge >= 0.3 is 0 Å². The fraction of sp³-hybridized carbons (Fsp3) is 0.300. The second kappa shape index (κ2) is 7.47. The Bertz CT molecular complexity index is 846. The fourth-order valence-corrected chi connectivity index (χ4v) is 3.47. The number of pyridine rings is 2. The zero-order valence-electron chi connectivity index (χ0n) is 14.5. The minimum Gasteiger partial charge on any atom is -0.338 e. The lowest BCUT2D eigenvalue weighted by Gasteiger charge is -2.32. The van der Waals surface area contributed by atoms with E-state index >= 15 is 0 Å². The Kier molecular flexibility index (Phi) is 4.73. The van der Waals surface area contributed by atoms with Crippen LogP contribution >= 0.6 is 0 Å². The molecule has 3 aromatic rings. The maximum absolute atomic E-state index is 12.8. The Labute approximate surface area is 152 Å². The normalized spacial score (nSPS) is 17.2. The maximum Gasteiger partial charge on any atom is 0.255 e. The van der Waals surface area contributed by atoms with Gasteiger partial charge in [0.05, 0.1) is 5.56 Å². The molecule has 0 unspecified atom stereocenters. The zero-order valence-corrected chi connectivity index (χ0v) is 14.5. The van der Waals surface area contributed by atoms with Crippen LogP contribution in [0.1, 0.15) is 28.9 Å². The Morgan fingerprint density at radius 2 is 2.08 bits per heavy atom. The number of amides is 1. The average Bonchev–Trinajstić information content (AvgIpc) is 3.23. The molecule has 3 aromatic heterocycles. The molecule has 0 bridgehead atoms. The largest absolute Gasteiger partial charge is 0.338 e. The van der Waals surface area contributed by atoms with E-state index in [0.29, 0.717) is 17.3 Å². The third-order valence-electron chi connectivity index (χ3n) is 4.76. The summed E-state index contributed by atoms with van der Waals surface area (Å²) in [5.74, 6) is 1.22. The van der Waals surface area contributed by atoms with Crippen molar-refractivity contribution in [3.63, 3.8) is 0 Å². The van der Waals surface area contributed by atoms with Gasteiger partial charge in [0.15, 0.2) is 5.82 Å². The summed E-state index contributed by atoms with van der Waals surface area (Å²) in [6.07, 6.45) is 10.1. The van der Waals surface area contributed by atoms with E-state index in [-0.39, 0.29) is 5.91 Å².